The first-order chi connectivity index (χ1) is 20.3. The number of nitrogens with one attached hydrogen (secondary N) is 2. The lowest BCUT2D eigenvalue weighted by molar-refractivity contribution is -0.170. The van der Waals surface area contributed by atoms with E-state index in [1.165, 1.54) is 13.0 Å². The Hall–Kier alpha value is -4.42. The van der Waals surface area contributed by atoms with Crippen LogP contribution in [0.1, 0.15) is 51.9 Å². The van der Waals surface area contributed by atoms with E-state index in [4.69, 9.17) is 0 Å². The molecule has 1 unspecified atom stereocenters. The monoisotopic (exact) mass is 602 g/mol. The highest BCUT2D eigenvalue weighted by molar-refractivity contribution is 6.06. The molecular formula is C30H24F6N4O3. The van der Waals surface area contributed by atoms with Crippen molar-refractivity contribution in [3.63, 3.8) is 0 Å². The minimum absolute atomic E-state index is 0.0916. The van der Waals surface area contributed by atoms with Crippen molar-refractivity contribution in [2.45, 2.75) is 55.8 Å². The molecule has 1 saturated heterocycles. The van der Waals surface area contributed by atoms with Crippen LogP contribution in [-0.4, -0.2) is 52.4 Å². The Morgan fingerprint density at radius 3 is 2.58 bits per heavy atom. The van der Waals surface area contributed by atoms with Crippen LogP contribution >= 0.6 is 0 Å². The first kappa shape index (κ1) is 28.7. The third-order valence-corrected chi connectivity index (χ3v) is 8.66. The van der Waals surface area contributed by atoms with Gasteiger partial charge in [-0.05, 0) is 67.1 Å². The van der Waals surface area contributed by atoms with E-state index in [0.717, 1.165) is 11.1 Å². The molecule has 43 heavy (non-hydrogen) atoms. The molecule has 3 aliphatic rings. The standard InChI is InChI=1S/C30H24F6N4O3/c1-14-19(20-8-18(31)9-22(32)24(20)33)10-23(27(42)40(14)13-30(34,35)36)38-26(41)15-4-5-16-11-29(12-17(16)7-15)21-3-2-6-37-25(21)39-28(29)43/h2-9,14,19,23H,10-13H2,1H3,(H,38,41)(H,37,39,43)/t14-,19-,23+,29?/m1/s1. The summed E-state index contributed by atoms with van der Waals surface area (Å²) < 4.78 is 83.1. The first-order valence-electron chi connectivity index (χ1n) is 13.5. The van der Waals surface area contributed by atoms with Crippen molar-refractivity contribution in [1.29, 1.82) is 0 Å². The summed E-state index contributed by atoms with van der Waals surface area (Å²) in [5, 5.41) is 5.24. The number of hydrogen-bond donors (Lipinski definition) is 2. The molecule has 2 aromatic carbocycles. The van der Waals surface area contributed by atoms with Crippen LogP contribution in [0.25, 0.3) is 0 Å². The number of nitrogens with zero attached hydrogens (tertiary/aromatic N) is 2. The molecule has 1 aromatic heterocycles. The van der Waals surface area contributed by atoms with Gasteiger partial charge in [-0.2, -0.15) is 13.2 Å². The Morgan fingerprint density at radius 1 is 1.09 bits per heavy atom. The molecule has 4 atom stereocenters. The number of rotatable bonds is 4. The van der Waals surface area contributed by atoms with E-state index in [9.17, 15) is 40.7 Å². The molecule has 1 fully saturated rings. The van der Waals surface area contributed by atoms with Crippen LogP contribution in [0.15, 0.2) is 48.7 Å². The van der Waals surface area contributed by atoms with Crippen LogP contribution in [-0.2, 0) is 27.8 Å². The van der Waals surface area contributed by atoms with E-state index in [1.54, 1.807) is 24.4 Å². The maximum absolute atomic E-state index is 14.7. The number of carbonyl (C=O) groups is 3. The van der Waals surface area contributed by atoms with Crippen LogP contribution in [0.4, 0.5) is 32.2 Å². The average molecular weight is 603 g/mol. The average Bonchev–Trinajstić information content (AvgIpc) is 3.46. The fourth-order valence-corrected chi connectivity index (χ4v) is 6.59. The Labute approximate surface area is 241 Å². The third kappa shape index (κ3) is 4.90. The minimum Gasteiger partial charge on any atom is -0.340 e. The maximum atomic E-state index is 14.7. The number of benzene rings is 2. The van der Waals surface area contributed by atoms with Gasteiger partial charge in [-0.1, -0.05) is 12.1 Å². The highest BCUT2D eigenvalue weighted by Crippen LogP contribution is 2.46. The third-order valence-electron chi connectivity index (χ3n) is 8.66. The van der Waals surface area contributed by atoms with E-state index >= 15 is 0 Å². The maximum Gasteiger partial charge on any atom is 0.406 e. The van der Waals surface area contributed by atoms with Crippen molar-refractivity contribution >= 4 is 23.5 Å². The number of amides is 3. The van der Waals surface area contributed by atoms with Gasteiger partial charge in [-0.25, -0.2) is 18.2 Å². The lowest BCUT2D eigenvalue weighted by atomic mass is 9.79. The van der Waals surface area contributed by atoms with Crippen molar-refractivity contribution in [2.75, 3.05) is 11.9 Å². The van der Waals surface area contributed by atoms with Crippen molar-refractivity contribution in [1.82, 2.24) is 15.2 Å². The summed E-state index contributed by atoms with van der Waals surface area (Å²) in [5.74, 6) is -6.95. The lowest BCUT2D eigenvalue weighted by Gasteiger charge is -2.43. The number of alkyl halides is 3. The summed E-state index contributed by atoms with van der Waals surface area (Å²) in [4.78, 5) is 44.2. The molecule has 1 spiro atoms. The second-order valence-electron chi connectivity index (χ2n) is 11.3. The van der Waals surface area contributed by atoms with E-state index in [-0.39, 0.29) is 17.9 Å². The van der Waals surface area contributed by atoms with Crippen LogP contribution < -0.4 is 10.6 Å². The molecule has 0 bridgehead atoms. The van der Waals surface area contributed by atoms with Gasteiger partial charge in [0.15, 0.2) is 11.6 Å². The molecule has 2 N–H and O–H groups in total. The number of fused-ring (bicyclic) bond motifs is 3. The largest absolute Gasteiger partial charge is 0.406 e. The fourth-order valence-electron chi connectivity index (χ4n) is 6.59. The van der Waals surface area contributed by atoms with E-state index in [1.807, 2.05) is 6.07 Å². The van der Waals surface area contributed by atoms with Gasteiger partial charge in [-0.3, -0.25) is 14.4 Å². The smallest absolute Gasteiger partial charge is 0.340 e. The van der Waals surface area contributed by atoms with Gasteiger partial charge in [-0.15, -0.1) is 0 Å². The molecule has 7 nitrogen and oxygen atoms in total. The molecule has 6 rings (SSSR count). The van der Waals surface area contributed by atoms with E-state index in [0.29, 0.717) is 34.8 Å². The Kier molecular flexibility index (Phi) is 6.73. The zero-order valence-corrected chi connectivity index (χ0v) is 22.6. The summed E-state index contributed by atoms with van der Waals surface area (Å²) in [5.41, 5.74) is 0.931. The topological polar surface area (TPSA) is 91.4 Å². The second kappa shape index (κ2) is 10.1. The van der Waals surface area contributed by atoms with Gasteiger partial charge in [0, 0.05) is 35.3 Å². The molecule has 13 heteroatoms. The predicted molar refractivity (Wildman–Crippen MR) is 141 cm³/mol. The fraction of sp³-hybridized carbons (Fsp3) is 0.333. The molecular weight excluding hydrogens is 578 g/mol. The van der Waals surface area contributed by atoms with Crippen LogP contribution in [0, 0.1) is 17.5 Å². The molecule has 3 aromatic rings. The Balaban J connectivity index is 1.28. The van der Waals surface area contributed by atoms with Crippen molar-refractivity contribution in [2.24, 2.45) is 0 Å². The molecule has 1 aliphatic carbocycles. The van der Waals surface area contributed by atoms with Gasteiger partial charge in [0.05, 0.1) is 5.41 Å². The Morgan fingerprint density at radius 2 is 1.84 bits per heavy atom. The van der Waals surface area contributed by atoms with Crippen molar-refractivity contribution in [3.8, 4) is 0 Å². The molecule has 0 saturated carbocycles. The minimum atomic E-state index is -4.83. The second-order valence-corrected chi connectivity index (χ2v) is 11.3. The molecule has 3 heterocycles. The number of carbonyl (C=O) groups excluding carboxylic acids is 3. The number of likely N-dealkylation sites (tertiary alicyclic amines) is 1. The van der Waals surface area contributed by atoms with Gasteiger partial charge in [0.1, 0.15) is 24.2 Å². The number of hydrogen-bond acceptors (Lipinski definition) is 4. The highest BCUT2D eigenvalue weighted by Gasteiger charge is 2.51. The zero-order valence-electron chi connectivity index (χ0n) is 22.6. The summed E-state index contributed by atoms with van der Waals surface area (Å²) >= 11 is 0. The predicted octanol–water partition coefficient (Wildman–Crippen LogP) is 4.55. The number of halogens is 6. The van der Waals surface area contributed by atoms with Gasteiger partial charge in [0.2, 0.25) is 11.8 Å². The summed E-state index contributed by atoms with van der Waals surface area (Å²) in [6, 6.07) is 6.42. The van der Waals surface area contributed by atoms with Gasteiger partial charge >= 0.3 is 6.18 Å². The summed E-state index contributed by atoms with van der Waals surface area (Å²) in [6.07, 6.45) is -3.01. The SMILES string of the molecule is C[C@@H]1[C@H](c2cc(F)cc(F)c2F)C[C@H](NC(=O)c2ccc3c(c2)CC2(C3)C(=O)Nc3ncccc32)C(=O)N1CC(F)(F)F. The normalized spacial score (nSPS) is 24.6. The first-order valence-corrected chi connectivity index (χ1v) is 13.5. The lowest BCUT2D eigenvalue weighted by Crippen LogP contribution is -2.59. The number of pyridine rings is 1. The number of anilines is 1. The van der Waals surface area contributed by atoms with E-state index < -0.39 is 77.4 Å². The van der Waals surface area contributed by atoms with Crippen LogP contribution in [0.3, 0.4) is 0 Å². The summed E-state index contributed by atoms with van der Waals surface area (Å²) in [6.45, 7) is -0.466. The summed E-state index contributed by atoms with van der Waals surface area (Å²) in [7, 11) is 0. The van der Waals surface area contributed by atoms with Gasteiger partial charge in [0.25, 0.3) is 5.91 Å². The quantitative estimate of drug-likeness (QED) is 0.339. The molecule has 3 amide bonds. The van der Waals surface area contributed by atoms with Crippen molar-refractivity contribution < 1.29 is 40.7 Å². The van der Waals surface area contributed by atoms with Crippen LogP contribution in [0.2, 0.25) is 0 Å². The van der Waals surface area contributed by atoms with E-state index in [2.05, 4.69) is 15.6 Å². The number of piperidine rings is 1. The number of aromatic nitrogens is 1. The van der Waals surface area contributed by atoms with Crippen LogP contribution in [0.5, 0.6) is 0 Å². The highest BCUT2D eigenvalue weighted by atomic mass is 19.4. The molecule has 224 valence electrons. The van der Waals surface area contributed by atoms with Crippen molar-refractivity contribution in [3.05, 3.63) is 93.9 Å². The zero-order chi connectivity index (χ0) is 30.8. The Bertz CT molecular complexity index is 1680. The molecule has 0 radical (unpaired) electrons. The molecule has 2 aliphatic heterocycles. The van der Waals surface area contributed by atoms with Gasteiger partial charge < -0.3 is 15.5 Å².